The molecule has 0 aliphatic carbocycles. The zero-order valence-electron chi connectivity index (χ0n) is 6.02. The van der Waals surface area contributed by atoms with E-state index in [2.05, 4.69) is 10.3 Å². The van der Waals surface area contributed by atoms with Gasteiger partial charge in [-0.05, 0) is 12.8 Å². The van der Waals surface area contributed by atoms with Crippen LogP contribution in [0.1, 0.15) is 19.8 Å². The molecule has 0 bridgehead atoms. The van der Waals surface area contributed by atoms with Crippen LogP contribution < -0.4 is 5.48 Å². The molecule has 0 radical (unpaired) electrons. The van der Waals surface area contributed by atoms with Gasteiger partial charge in [0.1, 0.15) is 0 Å². The van der Waals surface area contributed by atoms with Gasteiger partial charge in [-0.2, -0.15) is 0 Å². The van der Waals surface area contributed by atoms with Gasteiger partial charge in [-0.25, -0.2) is 5.48 Å². The van der Waals surface area contributed by atoms with Crippen molar-refractivity contribution in [3.8, 4) is 0 Å². The summed E-state index contributed by atoms with van der Waals surface area (Å²) in [6, 6.07) is 0. The van der Waals surface area contributed by atoms with Gasteiger partial charge >= 0.3 is 0 Å². The van der Waals surface area contributed by atoms with Crippen molar-refractivity contribution < 1.29 is 14.0 Å². The molecule has 0 saturated carbocycles. The molecule has 0 aliphatic rings. The van der Waals surface area contributed by atoms with Gasteiger partial charge in [-0.1, -0.05) is 0 Å². The maximum atomic E-state index is 11.4. The van der Waals surface area contributed by atoms with Crippen LogP contribution in [-0.2, 0) is 9.63 Å². The molecule has 0 aromatic heterocycles. The fourth-order valence-corrected chi connectivity index (χ4v) is 0.421. The standard InChI is InChI=1S/C6H12FNO2/c1-6(9)8-10-5-3-2-4-7/h2-5H2,1H3,(H,8,9). The molecule has 0 heterocycles. The Kier molecular flexibility index (Phi) is 6.06. The van der Waals surface area contributed by atoms with E-state index in [1.165, 1.54) is 6.92 Å². The van der Waals surface area contributed by atoms with Gasteiger partial charge < -0.3 is 0 Å². The number of hydrogen-bond donors (Lipinski definition) is 1. The summed E-state index contributed by atoms with van der Waals surface area (Å²) in [6.07, 6.45) is 1.12. The second-order valence-corrected chi connectivity index (χ2v) is 1.90. The van der Waals surface area contributed by atoms with Crippen molar-refractivity contribution in [1.82, 2.24) is 5.48 Å². The number of hydroxylamine groups is 1. The van der Waals surface area contributed by atoms with Gasteiger partial charge in [-0.15, -0.1) is 0 Å². The Labute approximate surface area is 59.5 Å². The lowest BCUT2D eigenvalue weighted by Gasteiger charge is -2.00. The molecule has 1 amide bonds. The number of halogens is 1. The summed E-state index contributed by atoms with van der Waals surface area (Å²) in [4.78, 5) is 14.8. The monoisotopic (exact) mass is 149 g/mol. The fourth-order valence-electron chi connectivity index (χ4n) is 0.421. The number of carbonyl (C=O) groups is 1. The van der Waals surface area contributed by atoms with Crippen LogP contribution in [0.3, 0.4) is 0 Å². The van der Waals surface area contributed by atoms with E-state index in [1.807, 2.05) is 0 Å². The summed E-state index contributed by atoms with van der Waals surface area (Å²) >= 11 is 0. The number of amides is 1. The van der Waals surface area contributed by atoms with Gasteiger partial charge in [0.05, 0.1) is 13.3 Å². The Morgan fingerprint density at radius 3 is 2.80 bits per heavy atom. The number of hydrogen-bond acceptors (Lipinski definition) is 2. The lowest BCUT2D eigenvalue weighted by Crippen LogP contribution is -2.20. The van der Waals surface area contributed by atoms with Crippen LogP contribution in [0.5, 0.6) is 0 Å². The van der Waals surface area contributed by atoms with E-state index in [0.29, 0.717) is 19.4 Å². The van der Waals surface area contributed by atoms with Gasteiger partial charge in [0.15, 0.2) is 0 Å². The van der Waals surface area contributed by atoms with Crippen molar-refractivity contribution in [3.05, 3.63) is 0 Å². The SMILES string of the molecule is CC(=O)NOCCCCF. The first-order chi connectivity index (χ1) is 4.77. The Balaban J connectivity index is 2.84. The maximum absolute atomic E-state index is 11.4. The Morgan fingerprint density at radius 2 is 2.30 bits per heavy atom. The Hall–Kier alpha value is -0.640. The molecule has 0 aromatic carbocycles. The average molecular weight is 149 g/mol. The van der Waals surface area contributed by atoms with Crippen molar-refractivity contribution >= 4 is 5.91 Å². The summed E-state index contributed by atoms with van der Waals surface area (Å²) in [7, 11) is 0. The zero-order valence-corrected chi connectivity index (χ0v) is 6.02. The van der Waals surface area contributed by atoms with E-state index < -0.39 is 0 Å². The first kappa shape index (κ1) is 9.36. The van der Waals surface area contributed by atoms with Crippen LogP contribution in [0.15, 0.2) is 0 Å². The highest BCUT2D eigenvalue weighted by Gasteiger charge is 1.90. The molecule has 0 rings (SSSR count). The maximum Gasteiger partial charge on any atom is 0.240 e. The fraction of sp³-hybridized carbons (Fsp3) is 0.833. The predicted molar refractivity (Wildman–Crippen MR) is 35.0 cm³/mol. The number of nitrogens with one attached hydrogen (secondary N) is 1. The van der Waals surface area contributed by atoms with Crippen LogP contribution in [0.4, 0.5) is 4.39 Å². The van der Waals surface area contributed by atoms with Gasteiger partial charge in [-0.3, -0.25) is 14.0 Å². The predicted octanol–water partition coefficient (Wildman–Crippen LogP) is 0.804. The molecule has 10 heavy (non-hydrogen) atoms. The van der Waals surface area contributed by atoms with E-state index in [1.54, 1.807) is 0 Å². The van der Waals surface area contributed by atoms with Crippen LogP contribution in [0, 0.1) is 0 Å². The molecule has 60 valence electrons. The summed E-state index contributed by atoms with van der Waals surface area (Å²) in [6.45, 7) is 1.40. The highest BCUT2D eigenvalue weighted by Crippen LogP contribution is 1.88. The molecule has 1 N–H and O–H groups in total. The third-order valence-electron chi connectivity index (χ3n) is 0.846. The van der Waals surface area contributed by atoms with Crippen LogP contribution in [0.2, 0.25) is 0 Å². The molecule has 0 spiro atoms. The molecule has 0 aromatic rings. The number of carbonyl (C=O) groups excluding carboxylic acids is 1. The molecule has 3 nitrogen and oxygen atoms in total. The van der Waals surface area contributed by atoms with E-state index in [-0.39, 0.29) is 12.6 Å². The van der Waals surface area contributed by atoms with Crippen molar-refractivity contribution in [1.29, 1.82) is 0 Å². The summed E-state index contributed by atoms with van der Waals surface area (Å²) in [5.74, 6) is -0.236. The minimum absolute atomic E-state index is 0.236. The van der Waals surface area contributed by atoms with Gasteiger partial charge in [0.25, 0.3) is 0 Å². The highest BCUT2D eigenvalue weighted by molar-refractivity contribution is 5.71. The van der Waals surface area contributed by atoms with E-state index in [0.717, 1.165) is 0 Å². The number of unbranched alkanes of at least 4 members (excludes halogenated alkanes) is 1. The van der Waals surface area contributed by atoms with Crippen molar-refractivity contribution in [2.24, 2.45) is 0 Å². The minimum atomic E-state index is -0.330. The van der Waals surface area contributed by atoms with E-state index in [9.17, 15) is 9.18 Å². The van der Waals surface area contributed by atoms with Crippen LogP contribution >= 0.6 is 0 Å². The summed E-state index contributed by atoms with van der Waals surface area (Å²) in [5.41, 5.74) is 2.14. The smallest absolute Gasteiger partial charge is 0.240 e. The Morgan fingerprint density at radius 1 is 1.60 bits per heavy atom. The molecule has 0 aliphatic heterocycles. The molecule has 0 unspecified atom stereocenters. The van der Waals surface area contributed by atoms with Crippen molar-refractivity contribution in [2.45, 2.75) is 19.8 Å². The average Bonchev–Trinajstić information content (AvgIpc) is 1.87. The molecule has 4 heteroatoms. The third-order valence-corrected chi connectivity index (χ3v) is 0.846. The first-order valence-electron chi connectivity index (χ1n) is 3.21. The van der Waals surface area contributed by atoms with Crippen molar-refractivity contribution in [3.63, 3.8) is 0 Å². The molecule has 0 fully saturated rings. The normalized spacial score (nSPS) is 9.40. The Bertz CT molecular complexity index is 97.7. The summed E-state index contributed by atoms with van der Waals surface area (Å²) < 4.78 is 11.4. The first-order valence-corrected chi connectivity index (χ1v) is 3.21. The molecular formula is C6H12FNO2. The van der Waals surface area contributed by atoms with Gasteiger partial charge in [0, 0.05) is 6.92 Å². The zero-order chi connectivity index (χ0) is 7.82. The van der Waals surface area contributed by atoms with E-state index in [4.69, 9.17) is 0 Å². The van der Waals surface area contributed by atoms with Crippen LogP contribution in [0.25, 0.3) is 0 Å². The quantitative estimate of drug-likeness (QED) is 0.464. The molecule has 0 saturated heterocycles. The lowest BCUT2D eigenvalue weighted by molar-refractivity contribution is -0.131. The molecule has 0 atom stereocenters. The number of alkyl halides is 1. The topological polar surface area (TPSA) is 38.3 Å². The van der Waals surface area contributed by atoms with E-state index >= 15 is 0 Å². The highest BCUT2D eigenvalue weighted by atomic mass is 19.1. The third kappa shape index (κ3) is 7.36. The second kappa shape index (κ2) is 6.48. The van der Waals surface area contributed by atoms with Crippen LogP contribution in [-0.4, -0.2) is 19.2 Å². The van der Waals surface area contributed by atoms with Crippen molar-refractivity contribution in [2.75, 3.05) is 13.3 Å². The minimum Gasteiger partial charge on any atom is -0.274 e. The molecular weight excluding hydrogens is 137 g/mol. The summed E-state index contributed by atoms with van der Waals surface area (Å²) in [5, 5.41) is 0. The van der Waals surface area contributed by atoms with Gasteiger partial charge in [0.2, 0.25) is 5.91 Å². The second-order valence-electron chi connectivity index (χ2n) is 1.90. The largest absolute Gasteiger partial charge is 0.274 e. The lowest BCUT2D eigenvalue weighted by atomic mass is 10.3. The number of rotatable bonds is 5.